The molecule has 0 saturated carbocycles. The molecule has 2 aromatic rings. The Morgan fingerprint density at radius 2 is 2.14 bits per heavy atom. The van der Waals surface area contributed by atoms with Crippen molar-refractivity contribution in [3.63, 3.8) is 0 Å². The number of rotatable bonds is 8. The zero-order valence-corrected chi connectivity index (χ0v) is 13.6. The van der Waals surface area contributed by atoms with E-state index in [0.717, 1.165) is 23.3 Å². The molecule has 2 rings (SSSR count). The monoisotopic (exact) mass is 303 g/mol. The van der Waals surface area contributed by atoms with Gasteiger partial charge in [-0.1, -0.05) is 26.0 Å². The van der Waals surface area contributed by atoms with Gasteiger partial charge in [0.2, 0.25) is 5.91 Å². The third-order valence-corrected chi connectivity index (χ3v) is 3.49. The summed E-state index contributed by atoms with van der Waals surface area (Å²) in [6.45, 7) is 8.51. The zero-order valence-electron chi connectivity index (χ0n) is 13.6. The molecule has 0 aliphatic carbocycles. The number of carbonyl (C=O) groups is 1. The fraction of sp³-hybridized carbons (Fsp3) is 0.529. The Morgan fingerprint density at radius 3 is 2.86 bits per heavy atom. The van der Waals surface area contributed by atoms with E-state index in [1.165, 1.54) is 0 Å². The van der Waals surface area contributed by atoms with Crippen LogP contribution in [-0.4, -0.2) is 35.2 Å². The third kappa shape index (κ3) is 4.07. The second-order valence-corrected chi connectivity index (χ2v) is 5.60. The van der Waals surface area contributed by atoms with Gasteiger partial charge in [0.05, 0.1) is 11.0 Å². The van der Waals surface area contributed by atoms with Crippen molar-refractivity contribution in [3.8, 4) is 0 Å². The third-order valence-electron chi connectivity index (χ3n) is 3.49. The van der Waals surface area contributed by atoms with E-state index in [4.69, 9.17) is 4.74 Å². The molecule has 0 spiro atoms. The van der Waals surface area contributed by atoms with Crippen LogP contribution in [0.3, 0.4) is 0 Å². The maximum Gasteiger partial charge on any atom is 0.240 e. The average molecular weight is 303 g/mol. The van der Waals surface area contributed by atoms with Crippen LogP contribution in [0.25, 0.3) is 11.0 Å². The minimum atomic E-state index is 0.0153. The van der Waals surface area contributed by atoms with Crippen LogP contribution in [-0.2, 0) is 16.1 Å². The molecule has 0 aliphatic rings. The molecule has 1 amide bonds. The maximum absolute atomic E-state index is 12.2. The lowest BCUT2D eigenvalue weighted by Crippen LogP contribution is -2.29. The highest BCUT2D eigenvalue weighted by Crippen LogP contribution is 2.21. The van der Waals surface area contributed by atoms with Crippen molar-refractivity contribution in [1.82, 2.24) is 14.9 Å². The van der Waals surface area contributed by atoms with Gasteiger partial charge in [-0.15, -0.1) is 0 Å². The average Bonchev–Trinajstić information content (AvgIpc) is 2.86. The van der Waals surface area contributed by atoms with Gasteiger partial charge in [-0.2, -0.15) is 0 Å². The molecule has 0 bridgehead atoms. The van der Waals surface area contributed by atoms with E-state index in [-0.39, 0.29) is 11.8 Å². The molecule has 0 unspecified atom stereocenters. The smallest absolute Gasteiger partial charge is 0.240 e. The standard InChI is InChI=1S/C17H25N3O2/c1-4-22-11-7-10-18-16(21)12-20-15-9-6-5-8-14(15)19-17(20)13(2)3/h5-6,8-9,13H,4,7,10-12H2,1-3H3,(H,18,21). The summed E-state index contributed by atoms with van der Waals surface area (Å²) in [7, 11) is 0. The molecule has 1 aromatic carbocycles. The number of aromatic nitrogens is 2. The summed E-state index contributed by atoms with van der Waals surface area (Å²) in [5, 5.41) is 2.94. The van der Waals surface area contributed by atoms with E-state index in [0.29, 0.717) is 26.3 Å². The number of imidazole rings is 1. The Balaban J connectivity index is 2.03. The van der Waals surface area contributed by atoms with Gasteiger partial charge in [0.25, 0.3) is 0 Å². The normalized spacial score (nSPS) is 11.3. The van der Waals surface area contributed by atoms with Gasteiger partial charge >= 0.3 is 0 Å². The Bertz CT molecular complexity index is 619. The van der Waals surface area contributed by atoms with E-state index in [2.05, 4.69) is 24.1 Å². The van der Waals surface area contributed by atoms with Crippen LogP contribution < -0.4 is 5.32 Å². The van der Waals surface area contributed by atoms with Crippen LogP contribution in [0, 0.1) is 0 Å². The Morgan fingerprint density at radius 1 is 1.36 bits per heavy atom. The van der Waals surface area contributed by atoms with Crippen molar-refractivity contribution < 1.29 is 9.53 Å². The van der Waals surface area contributed by atoms with Crippen molar-refractivity contribution in [2.45, 2.75) is 39.7 Å². The maximum atomic E-state index is 12.2. The lowest BCUT2D eigenvalue weighted by molar-refractivity contribution is -0.121. The van der Waals surface area contributed by atoms with E-state index >= 15 is 0 Å². The van der Waals surface area contributed by atoms with Crippen LogP contribution in [0.5, 0.6) is 0 Å². The first kappa shape index (κ1) is 16.5. The molecule has 0 aliphatic heterocycles. The fourth-order valence-corrected chi connectivity index (χ4v) is 2.45. The summed E-state index contributed by atoms with van der Waals surface area (Å²) in [6.07, 6.45) is 0.835. The number of carbonyl (C=O) groups excluding carboxylic acids is 1. The second kappa shape index (κ2) is 7.94. The summed E-state index contributed by atoms with van der Waals surface area (Å²) in [4.78, 5) is 16.8. The van der Waals surface area contributed by atoms with E-state index in [1.807, 2.05) is 35.8 Å². The largest absolute Gasteiger partial charge is 0.382 e. The Hall–Kier alpha value is -1.88. The number of amides is 1. The Labute approximate surface area is 131 Å². The number of hydrogen-bond acceptors (Lipinski definition) is 3. The molecule has 0 saturated heterocycles. The number of ether oxygens (including phenoxy) is 1. The molecular weight excluding hydrogens is 278 g/mol. The molecule has 1 aromatic heterocycles. The number of fused-ring (bicyclic) bond motifs is 1. The van der Waals surface area contributed by atoms with Gasteiger partial charge in [0.1, 0.15) is 12.4 Å². The lowest BCUT2D eigenvalue weighted by Gasteiger charge is -2.11. The van der Waals surface area contributed by atoms with Crippen molar-refractivity contribution in [1.29, 1.82) is 0 Å². The number of hydrogen-bond donors (Lipinski definition) is 1. The summed E-state index contributed by atoms with van der Waals surface area (Å²) in [6, 6.07) is 7.94. The number of para-hydroxylation sites is 2. The topological polar surface area (TPSA) is 56.1 Å². The van der Waals surface area contributed by atoms with Crippen molar-refractivity contribution >= 4 is 16.9 Å². The van der Waals surface area contributed by atoms with Crippen LogP contribution in [0.15, 0.2) is 24.3 Å². The molecule has 1 heterocycles. The number of nitrogens with zero attached hydrogens (tertiary/aromatic N) is 2. The number of benzene rings is 1. The molecule has 1 N–H and O–H groups in total. The first-order valence-electron chi connectivity index (χ1n) is 7.93. The molecule has 120 valence electrons. The number of nitrogens with one attached hydrogen (secondary N) is 1. The van der Waals surface area contributed by atoms with E-state index < -0.39 is 0 Å². The highest BCUT2D eigenvalue weighted by molar-refractivity contribution is 5.81. The van der Waals surface area contributed by atoms with Gasteiger partial charge < -0.3 is 14.6 Å². The first-order valence-corrected chi connectivity index (χ1v) is 7.93. The molecule has 5 nitrogen and oxygen atoms in total. The lowest BCUT2D eigenvalue weighted by atomic mass is 10.2. The van der Waals surface area contributed by atoms with Crippen molar-refractivity contribution in [2.24, 2.45) is 0 Å². The quantitative estimate of drug-likeness (QED) is 0.763. The van der Waals surface area contributed by atoms with Crippen LogP contribution in [0.4, 0.5) is 0 Å². The highest BCUT2D eigenvalue weighted by atomic mass is 16.5. The zero-order chi connectivity index (χ0) is 15.9. The minimum absolute atomic E-state index is 0.0153. The fourth-order valence-electron chi connectivity index (χ4n) is 2.45. The highest BCUT2D eigenvalue weighted by Gasteiger charge is 2.15. The molecule has 0 radical (unpaired) electrons. The SMILES string of the molecule is CCOCCCNC(=O)Cn1c(C(C)C)nc2ccccc21. The molecule has 0 atom stereocenters. The van der Waals surface area contributed by atoms with Crippen molar-refractivity contribution in [3.05, 3.63) is 30.1 Å². The molecule has 22 heavy (non-hydrogen) atoms. The van der Waals surface area contributed by atoms with Gasteiger partial charge in [-0.05, 0) is 25.5 Å². The van der Waals surface area contributed by atoms with Gasteiger partial charge in [0, 0.05) is 25.7 Å². The summed E-state index contributed by atoms with van der Waals surface area (Å²) in [5.41, 5.74) is 1.95. The van der Waals surface area contributed by atoms with Crippen LogP contribution in [0.2, 0.25) is 0 Å². The van der Waals surface area contributed by atoms with E-state index in [1.54, 1.807) is 0 Å². The minimum Gasteiger partial charge on any atom is -0.382 e. The predicted octanol–water partition coefficient (Wildman–Crippen LogP) is 2.70. The van der Waals surface area contributed by atoms with Gasteiger partial charge in [0.15, 0.2) is 0 Å². The van der Waals surface area contributed by atoms with E-state index in [9.17, 15) is 4.79 Å². The van der Waals surface area contributed by atoms with Gasteiger partial charge in [-0.25, -0.2) is 4.98 Å². The van der Waals surface area contributed by atoms with Gasteiger partial charge in [-0.3, -0.25) is 4.79 Å². The first-order chi connectivity index (χ1) is 10.6. The molecule has 5 heteroatoms. The summed E-state index contributed by atoms with van der Waals surface area (Å²) in [5.74, 6) is 1.24. The second-order valence-electron chi connectivity index (χ2n) is 5.60. The molecular formula is C17H25N3O2. The Kier molecular flexibility index (Phi) is 5.95. The van der Waals surface area contributed by atoms with Crippen LogP contribution in [0.1, 0.15) is 38.9 Å². The van der Waals surface area contributed by atoms with Crippen molar-refractivity contribution in [2.75, 3.05) is 19.8 Å². The predicted molar refractivity (Wildman–Crippen MR) is 87.9 cm³/mol. The summed E-state index contributed by atoms with van der Waals surface area (Å²) < 4.78 is 7.27. The van der Waals surface area contributed by atoms with Crippen LogP contribution >= 0.6 is 0 Å². The molecule has 0 fully saturated rings. The summed E-state index contributed by atoms with van der Waals surface area (Å²) >= 11 is 0.